The fourth-order valence-corrected chi connectivity index (χ4v) is 3.86. The zero-order valence-corrected chi connectivity index (χ0v) is 14.5. The van der Waals surface area contributed by atoms with Gasteiger partial charge in [-0.1, -0.05) is 0 Å². The Balaban J connectivity index is 1.76. The molecular formula is C14H15BrN4O3S. The largest absolute Gasteiger partial charge is 0.312 e. The van der Waals surface area contributed by atoms with E-state index in [0.717, 1.165) is 15.8 Å². The van der Waals surface area contributed by atoms with Gasteiger partial charge in [0.05, 0.1) is 22.1 Å². The van der Waals surface area contributed by atoms with Gasteiger partial charge in [0.1, 0.15) is 0 Å². The Bertz CT molecular complexity index is 832. The number of sulfonamides is 1. The molecule has 3 rings (SSSR count). The fourth-order valence-electron chi connectivity index (χ4n) is 2.70. The summed E-state index contributed by atoms with van der Waals surface area (Å²) in [4.78, 5) is 13.7. The first-order valence-electron chi connectivity index (χ1n) is 6.93. The van der Waals surface area contributed by atoms with Gasteiger partial charge in [-0.15, -0.1) is 0 Å². The molecule has 0 radical (unpaired) electrons. The van der Waals surface area contributed by atoms with Gasteiger partial charge >= 0.3 is 0 Å². The highest BCUT2D eigenvalue weighted by atomic mass is 79.9. The molecule has 1 atom stereocenters. The van der Waals surface area contributed by atoms with E-state index in [2.05, 4.69) is 21.0 Å². The molecule has 1 aromatic carbocycles. The molecule has 23 heavy (non-hydrogen) atoms. The normalized spacial score (nSPS) is 18.6. The maximum atomic E-state index is 12.1. The molecule has 7 nitrogen and oxygen atoms in total. The predicted molar refractivity (Wildman–Crippen MR) is 89.7 cm³/mol. The number of aromatic nitrogens is 2. The molecule has 1 aliphatic rings. The van der Waals surface area contributed by atoms with Crippen LogP contribution in [0.15, 0.2) is 41.1 Å². The van der Waals surface area contributed by atoms with Crippen molar-refractivity contribution in [1.82, 2.24) is 9.78 Å². The Morgan fingerprint density at radius 3 is 2.48 bits per heavy atom. The third-order valence-corrected chi connectivity index (χ3v) is 5.00. The van der Waals surface area contributed by atoms with E-state index in [1.807, 2.05) is 30.5 Å². The Morgan fingerprint density at radius 1 is 1.26 bits per heavy atom. The Morgan fingerprint density at radius 2 is 1.91 bits per heavy atom. The summed E-state index contributed by atoms with van der Waals surface area (Å²) in [6, 6.07) is 7.36. The van der Waals surface area contributed by atoms with Crippen LogP contribution in [0.25, 0.3) is 5.69 Å². The minimum absolute atomic E-state index is 0.0896. The second-order valence-corrected chi connectivity index (χ2v) is 8.10. The number of hydrogen-bond donors (Lipinski definition) is 1. The number of rotatable bonds is 4. The number of carbonyl (C=O) groups is 1. The molecule has 9 heteroatoms. The molecule has 1 aromatic heterocycles. The molecule has 1 fully saturated rings. The van der Waals surface area contributed by atoms with Gasteiger partial charge in [0.2, 0.25) is 15.9 Å². The Kier molecular flexibility index (Phi) is 4.26. The van der Waals surface area contributed by atoms with E-state index >= 15 is 0 Å². The van der Waals surface area contributed by atoms with Crippen molar-refractivity contribution in [3.05, 3.63) is 41.1 Å². The molecular weight excluding hydrogens is 384 g/mol. The number of hydrogen-bond acceptors (Lipinski definition) is 4. The first-order chi connectivity index (χ1) is 10.8. The molecule has 1 unspecified atom stereocenters. The van der Waals surface area contributed by atoms with Crippen LogP contribution in [0.1, 0.15) is 6.42 Å². The quantitative estimate of drug-likeness (QED) is 0.837. The van der Waals surface area contributed by atoms with Crippen LogP contribution in [-0.2, 0) is 14.8 Å². The number of benzene rings is 1. The monoisotopic (exact) mass is 398 g/mol. The van der Waals surface area contributed by atoms with Crippen molar-refractivity contribution in [3.8, 4) is 5.69 Å². The first kappa shape index (κ1) is 16.2. The van der Waals surface area contributed by atoms with E-state index in [0.29, 0.717) is 6.54 Å². The maximum absolute atomic E-state index is 12.1. The second-order valence-electron chi connectivity index (χ2n) is 5.52. The van der Waals surface area contributed by atoms with Crippen molar-refractivity contribution in [2.24, 2.45) is 11.1 Å². The number of carbonyl (C=O) groups excluding carboxylic acids is 1. The van der Waals surface area contributed by atoms with Crippen LogP contribution >= 0.6 is 15.9 Å². The van der Waals surface area contributed by atoms with E-state index in [-0.39, 0.29) is 24.0 Å². The number of halogens is 1. The lowest BCUT2D eigenvalue weighted by Gasteiger charge is -2.17. The van der Waals surface area contributed by atoms with Crippen molar-refractivity contribution in [3.63, 3.8) is 0 Å². The van der Waals surface area contributed by atoms with Crippen LogP contribution in [0.3, 0.4) is 0 Å². The Hall–Kier alpha value is -1.71. The SMILES string of the molecule is NS(=O)(=O)CC1CC(=O)N(c2ccc(-n3cc(Br)cn3)cc2)C1. The van der Waals surface area contributed by atoms with Gasteiger partial charge in [-0.2, -0.15) is 5.10 Å². The molecule has 2 aromatic rings. The van der Waals surface area contributed by atoms with Crippen LogP contribution in [0.2, 0.25) is 0 Å². The molecule has 122 valence electrons. The molecule has 1 aliphatic heterocycles. The van der Waals surface area contributed by atoms with E-state index < -0.39 is 10.0 Å². The van der Waals surface area contributed by atoms with E-state index in [4.69, 9.17) is 5.14 Å². The summed E-state index contributed by atoms with van der Waals surface area (Å²) in [5.74, 6) is -0.526. The summed E-state index contributed by atoms with van der Waals surface area (Å²) < 4.78 is 24.9. The summed E-state index contributed by atoms with van der Waals surface area (Å²) in [5, 5.41) is 9.25. The minimum Gasteiger partial charge on any atom is -0.312 e. The van der Waals surface area contributed by atoms with Gasteiger partial charge in [-0.05, 0) is 40.2 Å². The van der Waals surface area contributed by atoms with Crippen molar-refractivity contribution in [1.29, 1.82) is 0 Å². The summed E-state index contributed by atoms with van der Waals surface area (Å²) >= 11 is 3.34. The molecule has 0 spiro atoms. The summed E-state index contributed by atoms with van der Waals surface area (Å²) in [5.41, 5.74) is 1.61. The van der Waals surface area contributed by atoms with Crippen LogP contribution in [0.4, 0.5) is 5.69 Å². The van der Waals surface area contributed by atoms with E-state index in [1.165, 1.54) is 0 Å². The zero-order chi connectivity index (χ0) is 16.6. The molecule has 0 aliphatic carbocycles. The molecule has 2 heterocycles. The zero-order valence-electron chi connectivity index (χ0n) is 12.1. The summed E-state index contributed by atoms with van der Waals surface area (Å²) in [6.45, 7) is 0.363. The first-order valence-corrected chi connectivity index (χ1v) is 9.44. The van der Waals surface area contributed by atoms with Gasteiger partial charge < -0.3 is 4.90 Å². The minimum atomic E-state index is -3.57. The maximum Gasteiger partial charge on any atom is 0.227 e. The van der Waals surface area contributed by atoms with Crippen molar-refractivity contribution in [2.45, 2.75) is 6.42 Å². The highest BCUT2D eigenvalue weighted by molar-refractivity contribution is 9.10. The van der Waals surface area contributed by atoms with Gasteiger partial charge in [0, 0.05) is 30.8 Å². The highest BCUT2D eigenvalue weighted by Crippen LogP contribution is 2.26. The lowest BCUT2D eigenvalue weighted by Crippen LogP contribution is -2.27. The number of nitrogens with zero attached hydrogens (tertiary/aromatic N) is 3. The fraction of sp³-hybridized carbons (Fsp3) is 0.286. The standard InChI is InChI=1S/C14H15BrN4O3S/c15-11-6-17-19(8-11)13-3-1-12(2-4-13)18-7-10(5-14(18)20)9-23(16,21)22/h1-4,6,8,10H,5,7,9H2,(H2,16,21,22). The molecule has 2 N–H and O–H groups in total. The second kappa shape index (κ2) is 6.06. The van der Waals surface area contributed by atoms with Gasteiger partial charge in [-0.25, -0.2) is 18.2 Å². The number of anilines is 1. The Labute approximate surface area is 142 Å². The van der Waals surface area contributed by atoms with Crippen LogP contribution in [-0.4, -0.2) is 36.4 Å². The van der Waals surface area contributed by atoms with E-state index in [1.54, 1.807) is 15.8 Å². The average molecular weight is 399 g/mol. The number of nitrogens with two attached hydrogens (primary N) is 1. The molecule has 1 saturated heterocycles. The van der Waals surface area contributed by atoms with Crippen LogP contribution in [0, 0.1) is 5.92 Å². The third kappa shape index (κ3) is 3.80. The molecule has 0 saturated carbocycles. The summed E-state index contributed by atoms with van der Waals surface area (Å²) in [7, 11) is -3.57. The van der Waals surface area contributed by atoms with Gasteiger partial charge in [-0.3, -0.25) is 4.79 Å². The van der Waals surface area contributed by atoms with Crippen molar-refractivity contribution < 1.29 is 13.2 Å². The van der Waals surface area contributed by atoms with Gasteiger partial charge in [0.15, 0.2) is 0 Å². The molecule has 1 amide bonds. The summed E-state index contributed by atoms with van der Waals surface area (Å²) in [6.07, 6.45) is 3.72. The van der Waals surface area contributed by atoms with Gasteiger partial charge in [0.25, 0.3) is 0 Å². The highest BCUT2D eigenvalue weighted by Gasteiger charge is 2.32. The smallest absolute Gasteiger partial charge is 0.227 e. The van der Waals surface area contributed by atoms with E-state index in [9.17, 15) is 13.2 Å². The topological polar surface area (TPSA) is 98.3 Å². The lowest BCUT2D eigenvalue weighted by molar-refractivity contribution is -0.117. The molecule has 0 bridgehead atoms. The number of amides is 1. The van der Waals surface area contributed by atoms with Crippen LogP contribution in [0.5, 0.6) is 0 Å². The predicted octanol–water partition coefficient (Wildman–Crippen LogP) is 1.28. The number of primary sulfonamides is 1. The lowest BCUT2D eigenvalue weighted by atomic mass is 10.1. The average Bonchev–Trinajstić information content (AvgIpc) is 3.03. The van der Waals surface area contributed by atoms with Crippen LogP contribution < -0.4 is 10.0 Å². The van der Waals surface area contributed by atoms with Crippen molar-refractivity contribution in [2.75, 3.05) is 17.2 Å². The van der Waals surface area contributed by atoms with Crippen molar-refractivity contribution >= 4 is 37.5 Å². The third-order valence-electron chi connectivity index (χ3n) is 3.65.